The van der Waals surface area contributed by atoms with Crippen molar-refractivity contribution in [1.82, 2.24) is 0 Å². The van der Waals surface area contributed by atoms with E-state index in [2.05, 4.69) is 62.3 Å². The molecule has 0 aromatic carbocycles. The highest BCUT2D eigenvalue weighted by molar-refractivity contribution is 5.81. The molecule has 0 radical (unpaired) electrons. The maximum Gasteiger partial charge on any atom is 0.344 e. The molecule has 0 aliphatic heterocycles. The zero-order valence-corrected chi connectivity index (χ0v) is 83.3. The lowest BCUT2D eigenvalue weighted by Gasteiger charge is -2.42. The van der Waals surface area contributed by atoms with E-state index in [1.54, 1.807) is 13.8 Å². The lowest BCUT2D eigenvalue weighted by atomic mass is 9.71. The van der Waals surface area contributed by atoms with Crippen LogP contribution < -0.4 is 0 Å². The number of hydrogen-bond donors (Lipinski definition) is 0. The highest BCUT2D eigenvalue weighted by Gasteiger charge is 2.50. The van der Waals surface area contributed by atoms with Crippen molar-refractivity contribution in [2.75, 3.05) is 13.2 Å². The molecule has 0 heterocycles. The van der Waals surface area contributed by atoms with Gasteiger partial charge in [0.25, 0.3) is 0 Å². The van der Waals surface area contributed by atoms with Crippen molar-refractivity contribution in [3.05, 3.63) is 0 Å². The molecule has 0 saturated heterocycles. The van der Waals surface area contributed by atoms with Crippen molar-refractivity contribution < 1.29 is 76.3 Å². The lowest BCUT2D eigenvalue weighted by molar-refractivity contribution is -0.183. The molecule has 114 heavy (non-hydrogen) atoms. The molecule has 0 spiro atoms. The molecule has 6 saturated carbocycles. The summed E-state index contributed by atoms with van der Waals surface area (Å²) in [6, 6.07) is 0. The van der Waals surface area contributed by atoms with Crippen molar-refractivity contribution in [2.24, 2.45) is 61.1 Å². The molecule has 6 rings (SSSR count). The first-order valence-corrected chi connectivity index (χ1v) is 46.3. The minimum Gasteiger partial charge on any atom is -0.460 e. The van der Waals surface area contributed by atoms with Gasteiger partial charge in [-0.2, -0.15) is 0 Å². The van der Waals surface area contributed by atoms with Crippen LogP contribution >= 0.6 is 0 Å². The Morgan fingerprint density at radius 2 is 0.667 bits per heavy atom. The number of hydrogen-bond acceptors (Lipinski definition) is 16. The van der Waals surface area contributed by atoms with Crippen molar-refractivity contribution in [1.29, 1.82) is 0 Å². The van der Waals surface area contributed by atoms with Gasteiger partial charge in [0, 0.05) is 11.3 Å². The van der Waals surface area contributed by atoms with Crippen LogP contribution in [-0.4, -0.2) is 95.1 Å². The van der Waals surface area contributed by atoms with Gasteiger partial charge < -0.3 is 37.9 Å². The van der Waals surface area contributed by atoms with Crippen LogP contribution in [-0.2, 0) is 76.3 Å². The first-order chi connectivity index (χ1) is 52.6. The Bertz CT molecular complexity index is 2590. The summed E-state index contributed by atoms with van der Waals surface area (Å²) in [5.41, 5.74) is -3.50. The molecule has 16 nitrogen and oxygen atoms in total. The molecule has 6 aliphatic carbocycles. The van der Waals surface area contributed by atoms with Crippen LogP contribution in [0.3, 0.4) is 0 Å². The molecule has 6 fully saturated rings. The molecule has 0 aromatic rings. The Morgan fingerprint density at radius 1 is 0.351 bits per heavy atom. The third-order valence-electron chi connectivity index (χ3n) is 24.6. The third-order valence-corrected chi connectivity index (χ3v) is 24.6. The SMILES string of the molecule is CC.CC.CC.CC.CC.CC.CCC(C)(C)C(=O)OC(C)(C)C1CC1.CCC(C)(C)C(=O)OC1(C(C)(C)C)CCCC1.CCC(C)(C)C(=O)OC1(C(C)C)CCCC1.CCC(C)(C)C(=O)OCC(=O)OC1(C)CCCC1.CCC(C)(C)C(=O)OCC(=O)OC1CCCCC1C(C)(C)C.CCC1(OC(=O)C(C)(C)CC)CCCC1. The number of carbonyl (C=O) groups is 8. The fraction of sp³-hybridized carbons (Fsp3) is 0.918. The van der Waals surface area contributed by atoms with Crippen molar-refractivity contribution in [2.45, 2.75) is 511 Å². The molecule has 680 valence electrons. The maximum atomic E-state index is 12.3. The Balaban J connectivity index is -0.000000300. The predicted octanol–water partition coefficient (Wildman–Crippen LogP) is 28.2. The fourth-order valence-corrected chi connectivity index (χ4v) is 12.9. The topological polar surface area (TPSA) is 210 Å². The summed E-state index contributed by atoms with van der Waals surface area (Å²) in [6.45, 7) is 83.9. The summed E-state index contributed by atoms with van der Waals surface area (Å²) in [6.07, 6.45) is 29.6. The standard InChI is InChI=1S/C18H32O4.C15H28O2.C14H24O4.C14H26O2.C13H24O2.C12H22O2.6C2H6/c1-7-18(5,6)16(20)21-12-15(19)22-14-11-9-8-10-13(14)17(2,3)4;1-7-14(5,6)12(16)17-15(13(2,3)4)10-8-9-11-15;1-5-13(2,3)12(16)17-10-11(15)18-14(4)8-6-7-9-14;1-6-13(4,5)12(15)16-14(11(2)3)9-7-8-10-14;1-5-12(3,4)11(14)15-13(6-2)9-7-8-10-13;1-6-11(2,3)10(13)14-12(4,5)9-7-8-9;6*1-2/h13-14H,7-12H2,1-6H3;7-11H2,1-6H3;5-10H2,1-4H3;11H,6-10H2,1-5H3;5-10H2,1-4H3;9H,6-8H2,1-5H3;6*1-2H3. The summed E-state index contributed by atoms with van der Waals surface area (Å²) in [4.78, 5) is 95.4. The first kappa shape index (κ1) is 121. The van der Waals surface area contributed by atoms with Crippen LogP contribution in [0, 0.1) is 61.1 Å². The van der Waals surface area contributed by atoms with E-state index in [-0.39, 0.29) is 116 Å². The van der Waals surface area contributed by atoms with Gasteiger partial charge in [-0.15, -0.1) is 0 Å². The van der Waals surface area contributed by atoms with E-state index >= 15 is 0 Å². The zero-order chi connectivity index (χ0) is 91.0. The maximum absolute atomic E-state index is 12.3. The minimum absolute atomic E-state index is 0.0197. The van der Waals surface area contributed by atoms with E-state index in [0.29, 0.717) is 30.6 Å². The van der Waals surface area contributed by atoms with Gasteiger partial charge in [0.1, 0.15) is 34.1 Å². The highest BCUT2D eigenvalue weighted by atomic mass is 16.6. The van der Waals surface area contributed by atoms with Gasteiger partial charge in [0.15, 0.2) is 13.2 Å². The second kappa shape index (κ2) is 57.1. The van der Waals surface area contributed by atoms with Gasteiger partial charge in [-0.3, -0.25) is 28.8 Å². The zero-order valence-electron chi connectivity index (χ0n) is 83.3. The van der Waals surface area contributed by atoms with Gasteiger partial charge in [-0.05, 0) is 301 Å². The van der Waals surface area contributed by atoms with Gasteiger partial charge in [-0.1, -0.05) is 193 Å². The fourth-order valence-electron chi connectivity index (χ4n) is 12.9. The van der Waals surface area contributed by atoms with E-state index in [4.69, 9.17) is 37.9 Å². The van der Waals surface area contributed by atoms with Crippen LogP contribution in [0.25, 0.3) is 0 Å². The summed E-state index contributed by atoms with van der Waals surface area (Å²) < 4.78 is 44.3. The minimum atomic E-state index is -0.556. The molecule has 16 heteroatoms. The van der Waals surface area contributed by atoms with Gasteiger partial charge in [0.2, 0.25) is 0 Å². The van der Waals surface area contributed by atoms with Crippen LogP contribution in [0.5, 0.6) is 0 Å². The largest absolute Gasteiger partial charge is 0.460 e. The van der Waals surface area contributed by atoms with Gasteiger partial charge in [0.05, 0.1) is 32.5 Å². The van der Waals surface area contributed by atoms with Gasteiger partial charge in [-0.25, -0.2) is 9.59 Å². The van der Waals surface area contributed by atoms with Crippen LogP contribution in [0.2, 0.25) is 0 Å². The van der Waals surface area contributed by atoms with Crippen molar-refractivity contribution >= 4 is 47.8 Å². The van der Waals surface area contributed by atoms with E-state index < -0.39 is 22.8 Å². The Labute approximate surface area is 705 Å². The lowest BCUT2D eigenvalue weighted by Crippen LogP contribution is -2.47. The van der Waals surface area contributed by atoms with E-state index in [9.17, 15) is 38.4 Å². The second-order valence-corrected chi connectivity index (χ2v) is 38.1. The molecular formula is C98H192O16. The Morgan fingerprint density at radius 3 is 1.01 bits per heavy atom. The van der Waals surface area contributed by atoms with Crippen molar-refractivity contribution in [3.63, 3.8) is 0 Å². The molecule has 0 bridgehead atoms. The monoisotopic (exact) mass is 1630 g/mol. The summed E-state index contributed by atoms with van der Waals surface area (Å²) in [5, 5.41) is 0. The molecule has 0 aromatic heterocycles. The third kappa shape index (κ3) is 43.1. The summed E-state index contributed by atoms with van der Waals surface area (Å²) >= 11 is 0. The smallest absolute Gasteiger partial charge is 0.344 e. The van der Waals surface area contributed by atoms with Crippen LogP contribution in [0.4, 0.5) is 0 Å². The second-order valence-electron chi connectivity index (χ2n) is 38.1. The van der Waals surface area contributed by atoms with E-state index in [0.717, 1.165) is 116 Å². The molecular weight excluding hydrogens is 1430 g/mol. The van der Waals surface area contributed by atoms with Crippen LogP contribution in [0.15, 0.2) is 0 Å². The summed E-state index contributed by atoms with van der Waals surface area (Å²) in [5.74, 6) is -0.325. The molecule has 2 unspecified atom stereocenters. The highest BCUT2D eigenvalue weighted by Crippen LogP contribution is 2.49. The Hall–Kier alpha value is -4.24. The molecule has 6 aliphatic rings. The first-order valence-electron chi connectivity index (χ1n) is 46.3. The van der Waals surface area contributed by atoms with E-state index in [1.807, 2.05) is 215 Å². The average molecular weight is 1630 g/mol. The number of rotatable bonds is 25. The molecule has 2 atom stereocenters. The number of carbonyl (C=O) groups excluding carboxylic acids is 8. The molecule has 0 amide bonds. The molecule has 0 N–H and O–H groups in total. The van der Waals surface area contributed by atoms with E-state index in [1.165, 1.54) is 57.8 Å². The van der Waals surface area contributed by atoms with Gasteiger partial charge >= 0.3 is 47.8 Å². The average Bonchev–Trinajstić information content (AvgIpc) is 1.48. The predicted molar refractivity (Wildman–Crippen MR) is 478 cm³/mol. The number of esters is 8. The summed E-state index contributed by atoms with van der Waals surface area (Å²) in [7, 11) is 0. The normalized spacial score (nSPS) is 18.4. The van der Waals surface area contributed by atoms with Crippen LogP contribution in [0.1, 0.15) is 477 Å². The Kier molecular flexibility index (Phi) is 60.4. The number of ether oxygens (including phenoxy) is 8. The quantitative estimate of drug-likeness (QED) is 0.0614. The van der Waals surface area contributed by atoms with Crippen molar-refractivity contribution in [3.8, 4) is 0 Å².